The van der Waals surface area contributed by atoms with Gasteiger partial charge in [0.15, 0.2) is 9.84 Å². The smallest absolute Gasteiger partial charge is 0.175 e. The summed E-state index contributed by atoms with van der Waals surface area (Å²) in [4.78, 5) is 0.382. The van der Waals surface area contributed by atoms with Crippen LogP contribution in [-0.4, -0.2) is 14.7 Å². The van der Waals surface area contributed by atoms with Crippen LogP contribution in [0.3, 0.4) is 0 Å². The summed E-state index contributed by atoms with van der Waals surface area (Å²) in [5.41, 5.74) is 7.26. The van der Waals surface area contributed by atoms with E-state index in [-0.39, 0.29) is 0 Å². The van der Waals surface area contributed by atoms with Gasteiger partial charge in [0.2, 0.25) is 0 Å². The minimum atomic E-state index is -3.17. The molecule has 4 heteroatoms. The molecule has 0 saturated heterocycles. The standard InChI is InChI=1S/C20H23NO2S/c1-14-6-4-7-15(2)20(14)21-19(17-10-11-17)13-16-8-5-9-18(12-16)24(3,22)23/h4-9,12,21H,10-11,13H2,1-3H3. The molecule has 0 amide bonds. The van der Waals surface area contributed by atoms with Crippen molar-refractivity contribution in [1.29, 1.82) is 0 Å². The number of aryl methyl sites for hydroxylation is 2. The van der Waals surface area contributed by atoms with Crippen LogP contribution in [0.5, 0.6) is 0 Å². The Hall–Kier alpha value is -2.07. The highest BCUT2D eigenvalue weighted by molar-refractivity contribution is 7.90. The van der Waals surface area contributed by atoms with E-state index in [4.69, 9.17) is 0 Å². The molecule has 0 bridgehead atoms. The van der Waals surface area contributed by atoms with Gasteiger partial charge in [0.25, 0.3) is 0 Å². The topological polar surface area (TPSA) is 46.2 Å². The minimum absolute atomic E-state index is 0.382. The molecule has 0 atom stereocenters. The van der Waals surface area contributed by atoms with Crippen molar-refractivity contribution in [1.82, 2.24) is 0 Å². The van der Waals surface area contributed by atoms with E-state index in [1.54, 1.807) is 12.1 Å². The molecule has 1 aliphatic carbocycles. The Morgan fingerprint density at radius 2 is 1.67 bits per heavy atom. The van der Waals surface area contributed by atoms with E-state index in [9.17, 15) is 8.42 Å². The van der Waals surface area contributed by atoms with Gasteiger partial charge in [-0.05, 0) is 61.1 Å². The molecule has 2 aromatic rings. The Morgan fingerprint density at radius 1 is 1.04 bits per heavy atom. The zero-order valence-electron chi connectivity index (χ0n) is 14.4. The number of hydrogen-bond acceptors (Lipinski definition) is 3. The molecular formula is C20H23NO2S. The van der Waals surface area contributed by atoms with Gasteiger partial charge in [-0.3, -0.25) is 0 Å². The Bertz CT molecular complexity index is 885. The first-order valence-electron chi connectivity index (χ1n) is 8.18. The molecule has 0 aromatic heterocycles. The van der Waals surface area contributed by atoms with Gasteiger partial charge in [0.05, 0.1) is 4.90 Å². The van der Waals surface area contributed by atoms with Crippen LogP contribution in [-0.2, 0) is 16.3 Å². The monoisotopic (exact) mass is 341 g/mol. The van der Waals surface area contributed by atoms with Crippen LogP contribution in [0.15, 0.2) is 58.6 Å². The summed E-state index contributed by atoms with van der Waals surface area (Å²) in [5, 5.41) is 3.61. The number of anilines is 1. The Morgan fingerprint density at radius 3 is 2.25 bits per heavy atom. The number of allylic oxidation sites excluding steroid dienone is 2. The molecule has 0 spiro atoms. The van der Waals surface area contributed by atoms with Crippen LogP contribution in [0.1, 0.15) is 29.5 Å². The van der Waals surface area contributed by atoms with Crippen LogP contribution in [0.25, 0.3) is 0 Å². The predicted octanol–water partition coefficient (Wildman–Crippen LogP) is 4.41. The molecule has 2 aromatic carbocycles. The fourth-order valence-electron chi connectivity index (χ4n) is 2.87. The van der Waals surface area contributed by atoms with Gasteiger partial charge < -0.3 is 5.32 Å². The Balaban J connectivity index is 1.89. The van der Waals surface area contributed by atoms with Crippen LogP contribution >= 0.6 is 0 Å². The molecule has 1 N–H and O–H groups in total. The van der Waals surface area contributed by atoms with Crippen molar-refractivity contribution in [3.05, 3.63) is 70.4 Å². The SMILES string of the molecule is Cc1cccc(C)c1NC(Cc1cccc(S(C)(=O)=O)c1)=C1CC1. The van der Waals surface area contributed by atoms with Crippen molar-refractivity contribution in [2.75, 3.05) is 11.6 Å². The first-order valence-corrected chi connectivity index (χ1v) is 10.1. The molecule has 3 nitrogen and oxygen atoms in total. The number of sulfone groups is 1. The van der Waals surface area contributed by atoms with Crippen LogP contribution in [0.2, 0.25) is 0 Å². The van der Waals surface area contributed by atoms with Gasteiger partial charge in [-0.25, -0.2) is 8.42 Å². The van der Waals surface area contributed by atoms with Crippen LogP contribution in [0.4, 0.5) is 5.69 Å². The highest BCUT2D eigenvalue weighted by atomic mass is 32.2. The summed E-state index contributed by atoms with van der Waals surface area (Å²) in [6.07, 6.45) is 4.23. The third kappa shape index (κ3) is 3.88. The third-order valence-corrected chi connectivity index (χ3v) is 5.50. The second-order valence-corrected chi connectivity index (χ2v) is 8.59. The van der Waals surface area contributed by atoms with Gasteiger partial charge in [-0.1, -0.05) is 30.3 Å². The fraction of sp³-hybridized carbons (Fsp3) is 0.300. The lowest BCUT2D eigenvalue weighted by Crippen LogP contribution is -2.07. The summed E-state index contributed by atoms with van der Waals surface area (Å²) in [6, 6.07) is 13.5. The second kappa shape index (κ2) is 6.44. The number of benzene rings is 2. The lowest BCUT2D eigenvalue weighted by Gasteiger charge is -2.16. The molecule has 1 saturated carbocycles. The van der Waals surface area contributed by atoms with Crippen molar-refractivity contribution in [2.24, 2.45) is 0 Å². The van der Waals surface area contributed by atoms with E-state index in [0.29, 0.717) is 4.90 Å². The predicted molar refractivity (Wildman–Crippen MR) is 99.1 cm³/mol. The highest BCUT2D eigenvalue weighted by Gasteiger charge is 2.19. The first kappa shape index (κ1) is 16.8. The number of nitrogens with one attached hydrogen (secondary N) is 1. The zero-order chi connectivity index (χ0) is 17.3. The Kier molecular flexibility index (Phi) is 4.50. The fourth-order valence-corrected chi connectivity index (χ4v) is 3.57. The minimum Gasteiger partial charge on any atom is -0.358 e. The molecular weight excluding hydrogens is 318 g/mol. The molecule has 0 radical (unpaired) electrons. The highest BCUT2D eigenvalue weighted by Crippen LogP contribution is 2.35. The molecule has 1 aliphatic rings. The third-order valence-electron chi connectivity index (χ3n) is 4.39. The average Bonchev–Trinajstić information content (AvgIpc) is 3.34. The van der Waals surface area contributed by atoms with Gasteiger partial charge >= 0.3 is 0 Å². The van der Waals surface area contributed by atoms with Crippen LogP contribution in [0, 0.1) is 13.8 Å². The first-order chi connectivity index (χ1) is 11.3. The Labute approximate surface area is 144 Å². The molecule has 24 heavy (non-hydrogen) atoms. The molecule has 0 unspecified atom stereocenters. The maximum Gasteiger partial charge on any atom is 0.175 e. The lowest BCUT2D eigenvalue weighted by atomic mass is 10.1. The van der Waals surface area contributed by atoms with E-state index >= 15 is 0 Å². The van der Waals surface area contributed by atoms with Crippen molar-refractivity contribution in [3.63, 3.8) is 0 Å². The van der Waals surface area contributed by atoms with Gasteiger partial charge in [0.1, 0.15) is 0 Å². The van der Waals surface area contributed by atoms with E-state index in [0.717, 1.165) is 30.5 Å². The molecule has 3 rings (SSSR count). The summed E-state index contributed by atoms with van der Waals surface area (Å²) >= 11 is 0. The number of para-hydroxylation sites is 1. The maximum absolute atomic E-state index is 11.8. The van der Waals surface area contributed by atoms with Gasteiger partial charge in [-0.15, -0.1) is 0 Å². The largest absolute Gasteiger partial charge is 0.358 e. The quantitative estimate of drug-likeness (QED) is 0.876. The van der Waals surface area contributed by atoms with Gasteiger partial charge in [0, 0.05) is 24.1 Å². The molecule has 1 fully saturated rings. The van der Waals surface area contributed by atoms with Gasteiger partial charge in [-0.2, -0.15) is 0 Å². The molecule has 0 aliphatic heterocycles. The maximum atomic E-state index is 11.8. The van der Waals surface area contributed by atoms with Crippen LogP contribution < -0.4 is 5.32 Å². The normalized spacial score (nSPS) is 13.7. The average molecular weight is 341 g/mol. The summed E-state index contributed by atoms with van der Waals surface area (Å²) < 4.78 is 23.5. The van der Waals surface area contributed by atoms with E-state index in [1.807, 2.05) is 12.1 Å². The van der Waals surface area contributed by atoms with Crippen molar-refractivity contribution in [3.8, 4) is 0 Å². The molecule has 0 heterocycles. The number of hydrogen-bond donors (Lipinski definition) is 1. The lowest BCUT2D eigenvalue weighted by molar-refractivity contribution is 0.601. The van der Waals surface area contributed by atoms with Crippen molar-refractivity contribution in [2.45, 2.75) is 38.0 Å². The van der Waals surface area contributed by atoms with E-state index in [2.05, 4.69) is 37.4 Å². The van der Waals surface area contributed by atoms with E-state index < -0.39 is 9.84 Å². The summed E-state index contributed by atoms with van der Waals surface area (Å²) in [6.45, 7) is 4.21. The van der Waals surface area contributed by atoms with Crippen molar-refractivity contribution < 1.29 is 8.42 Å². The summed E-state index contributed by atoms with van der Waals surface area (Å²) in [7, 11) is -3.17. The van der Waals surface area contributed by atoms with E-state index in [1.165, 1.54) is 28.7 Å². The zero-order valence-corrected chi connectivity index (χ0v) is 15.2. The summed E-state index contributed by atoms with van der Waals surface area (Å²) in [5.74, 6) is 0. The number of rotatable bonds is 5. The molecule has 126 valence electrons. The second-order valence-electron chi connectivity index (χ2n) is 6.57. The van der Waals surface area contributed by atoms with Crippen molar-refractivity contribution >= 4 is 15.5 Å².